The number of nitrogens with one attached hydrogen (secondary N) is 1. The van der Waals surface area contributed by atoms with Crippen LogP contribution in [0.3, 0.4) is 0 Å². The Balaban J connectivity index is 1.70. The maximum Gasteiger partial charge on any atom is 0.407 e. The molecule has 2 unspecified atom stereocenters. The molecule has 0 aliphatic carbocycles. The van der Waals surface area contributed by atoms with Gasteiger partial charge in [0.15, 0.2) is 6.10 Å². The van der Waals surface area contributed by atoms with Crippen molar-refractivity contribution in [3.8, 4) is 0 Å². The van der Waals surface area contributed by atoms with Crippen LogP contribution in [0.5, 0.6) is 0 Å². The number of hydrogen-bond donors (Lipinski definition) is 1. The normalized spacial score (nSPS) is 19.7. The molecule has 1 aliphatic rings. The summed E-state index contributed by atoms with van der Waals surface area (Å²) < 4.78 is 10.3. The molecule has 3 atom stereocenters. The van der Waals surface area contributed by atoms with E-state index in [4.69, 9.17) is 14.3 Å². The molecule has 1 saturated heterocycles. The lowest BCUT2D eigenvalue weighted by Gasteiger charge is -2.32. The highest BCUT2D eigenvalue weighted by Crippen LogP contribution is 2.29. The van der Waals surface area contributed by atoms with E-state index in [0.29, 0.717) is 13.0 Å². The average molecular weight is 427 g/mol. The fraction of sp³-hybridized carbons (Fsp3) is 0.417. The Morgan fingerprint density at radius 3 is 2.26 bits per heavy atom. The molecule has 0 spiro atoms. The lowest BCUT2D eigenvalue weighted by molar-refractivity contribution is -0.193. The van der Waals surface area contributed by atoms with Gasteiger partial charge < -0.3 is 14.8 Å². The van der Waals surface area contributed by atoms with Crippen LogP contribution in [0.2, 0.25) is 0 Å². The second kappa shape index (κ2) is 10.9. The molecule has 0 bridgehead atoms. The second-order valence-electron chi connectivity index (χ2n) is 7.96. The molecule has 7 nitrogen and oxygen atoms in total. The minimum atomic E-state index is -0.706. The molecule has 166 valence electrons. The Morgan fingerprint density at radius 1 is 1.06 bits per heavy atom. The number of benzene rings is 2. The zero-order chi connectivity index (χ0) is 22.2. The highest BCUT2D eigenvalue weighted by atomic mass is 16.7. The molecule has 2 aromatic rings. The van der Waals surface area contributed by atoms with Crippen LogP contribution in [0, 0.1) is 5.92 Å². The molecular formula is C24H30N2O5. The van der Waals surface area contributed by atoms with Crippen molar-refractivity contribution in [3.05, 3.63) is 71.8 Å². The summed E-state index contributed by atoms with van der Waals surface area (Å²) in [5.74, 6) is -0.331. The van der Waals surface area contributed by atoms with E-state index < -0.39 is 18.2 Å². The monoisotopic (exact) mass is 426 g/mol. The number of alkyl carbamates (subject to hydrolysis) is 1. The first-order valence-corrected chi connectivity index (χ1v) is 10.5. The molecular weight excluding hydrogens is 396 g/mol. The number of hydroxylamine groups is 2. The summed E-state index contributed by atoms with van der Waals surface area (Å²) in [4.78, 5) is 30.6. The minimum absolute atomic E-state index is 0.0903. The largest absolute Gasteiger partial charge is 0.467 e. The van der Waals surface area contributed by atoms with Gasteiger partial charge in [0, 0.05) is 13.0 Å². The molecule has 2 aromatic carbocycles. The lowest BCUT2D eigenvalue weighted by atomic mass is 9.92. The number of amides is 1. The topological polar surface area (TPSA) is 77.1 Å². The van der Waals surface area contributed by atoms with Gasteiger partial charge in [-0.3, -0.25) is 4.84 Å². The average Bonchev–Trinajstić information content (AvgIpc) is 3.20. The van der Waals surface area contributed by atoms with Gasteiger partial charge in [0.2, 0.25) is 0 Å². The summed E-state index contributed by atoms with van der Waals surface area (Å²) in [5, 5.41) is 4.76. The van der Waals surface area contributed by atoms with Gasteiger partial charge in [0.1, 0.15) is 6.61 Å². The van der Waals surface area contributed by atoms with E-state index in [2.05, 4.69) is 5.32 Å². The first-order chi connectivity index (χ1) is 15.0. The van der Waals surface area contributed by atoms with Crippen LogP contribution >= 0.6 is 0 Å². The summed E-state index contributed by atoms with van der Waals surface area (Å²) in [6.07, 6.45) is -0.785. The Bertz CT molecular complexity index is 844. The molecule has 0 saturated carbocycles. The van der Waals surface area contributed by atoms with Crippen molar-refractivity contribution in [3.63, 3.8) is 0 Å². The van der Waals surface area contributed by atoms with E-state index >= 15 is 0 Å². The molecule has 1 N–H and O–H groups in total. The number of hydrogen-bond acceptors (Lipinski definition) is 6. The van der Waals surface area contributed by atoms with Crippen LogP contribution in [0.1, 0.15) is 31.4 Å². The second-order valence-corrected chi connectivity index (χ2v) is 7.96. The molecule has 7 heteroatoms. The smallest absolute Gasteiger partial charge is 0.407 e. The summed E-state index contributed by atoms with van der Waals surface area (Å²) >= 11 is 0. The summed E-state index contributed by atoms with van der Waals surface area (Å²) in [5.41, 5.74) is 1.96. The van der Waals surface area contributed by atoms with E-state index in [0.717, 1.165) is 11.1 Å². The standard InChI is InChI=1S/C24H30N2O5/c1-17(2)22(25-24(28)30-16-19-12-8-5-9-13-19)20-14-21(23(27)29-3)31-26(20)15-18-10-6-4-7-11-18/h4-13,17,20-22H,14-16H2,1-3H3,(H,25,28)/t20?,21-,22?/m1/s1. The maximum absolute atomic E-state index is 12.5. The zero-order valence-corrected chi connectivity index (χ0v) is 18.2. The molecule has 3 rings (SSSR count). The molecule has 1 heterocycles. The Kier molecular flexibility index (Phi) is 8.03. The molecule has 1 fully saturated rings. The summed E-state index contributed by atoms with van der Waals surface area (Å²) in [7, 11) is 1.35. The van der Waals surface area contributed by atoms with Gasteiger partial charge in [-0.1, -0.05) is 74.5 Å². The van der Waals surface area contributed by atoms with E-state index in [1.807, 2.05) is 74.5 Å². The van der Waals surface area contributed by atoms with Gasteiger partial charge in [0.25, 0.3) is 0 Å². The first kappa shape index (κ1) is 22.8. The fourth-order valence-electron chi connectivity index (χ4n) is 3.74. The number of esters is 1. The number of rotatable bonds is 8. The number of carbonyl (C=O) groups is 2. The van der Waals surface area contributed by atoms with Crippen LogP contribution in [-0.2, 0) is 32.3 Å². The highest BCUT2D eigenvalue weighted by molar-refractivity contribution is 5.75. The van der Waals surface area contributed by atoms with Gasteiger partial charge >= 0.3 is 12.1 Å². The Morgan fingerprint density at radius 2 is 1.68 bits per heavy atom. The van der Waals surface area contributed by atoms with Crippen molar-refractivity contribution in [1.29, 1.82) is 0 Å². The van der Waals surface area contributed by atoms with Gasteiger partial charge in [0.05, 0.1) is 19.2 Å². The van der Waals surface area contributed by atoms with Crippen LogP contribution < -0.4 is 5.32 Å². The van der Waals surface area contributed by atoms with E-state index in [1.54, 1.807) is 5.06 Å². The molecule has 0 aromatic heterocycles. The van der Waals surface area contributed by atoms with E-state index in [-0.39, 0.29) is 24.6 Å². The van der Waals surface area contributed by atoms with Crippen molar-refractivity contribution < 1.29 is 23.9 Å². The number of ether oxygens (including phenoxy) is 2. The molecule has 1 aliphatic heterocycles. The zero-order valence-electron chi connectivity index (χ0n) is 18.2. The van der Waals surface area contributed by atoms with E-state index in [1.165, 1.54) is 7.11 Å². The van der Waals surface area contributed by atoms with Crippen molar-refractivity contribution in [2.45, 2.75) is 51.6 Å². The third-order valence-electron chi connectivity index (χ3n) is 5.36. The maximum atomic E-state index is 12.5. The van der Waals surface area contributed by atoms with Gasteiger partial charge in [-0.25, -0.2) is 9.59 Å². The molecule has 0 radical (unpaired) electrons. The third-order valence-corrected chi connectivity index (χ3v) is 5.36. The summed E-state index contributed by atoms with van der Waals surface area (Å²) in [6.45, 7) is 4.72. The Labute approximate surface area is 183 Å². The number of nitrogens with zero attached hydrogens (tertiary/aromatic N) is 1. The van der Waals surface area contributed by atoms with Gasteiger partial charge in [-0.2, -0.15) is 5.06 Å². The number of carbonyl (C=O) groups excluding carboxylic acids is 2. The van der Waals surface area contributed by atoms with Crippen molar-refractivity contribution in [2.75, 3.05) is 7.11 Å². The van der Waals surface area contributed by atoms with Gasteiger partial charge in [-0.05, 0) is 17.0 Å². The van der Waals surface area contributed by atoms with Crippen molar-refractivity contribution in [2.24, 2.45) is 5.92 Å². The first-order valence-electron chi connectivity index (χ1n) is 10.5. The van der Waals surface area contributed by atoms with Crippen molar-refractivity contribution >= 4 is 12.1 Å². The molecule has 31 heavy (non-hydrogen) atoms. The fourth-order valence-corrected chi connectivity index (χ4v) is 3.74. The van der Waals surface area contributed by atoms with Gasteiger partial charge in [-0.15, -0.1) is 0 Å². The lowest BCUT2D eigenvalue weighted by Crippen LogP contribution is -2.51. The molecule has 1 amide bonds. The van der Waals surface area contributed by atoms with Crippen LogP contribution in [0.4, 0.5) is 4.79 Å². The highest BCUT2D eigenvalue weighted by Gasteiger charge is 2.43. The third kappa shape index (κ3) is 6.29. The quantitative estimate of drug-likeness (QED) is 0.649. The predicted molar refractivity (Wildman–Crippen MR) is 116 cm³/mol. The Hall–Kier alpha value is -2.90. The SMILES string of the molecule is COC(=O)[C@H]1CC(C(NC(=O)OCc2ccccc2)C(C)C)N(Cc2ccccc2)O1. The number of methoxy groups -OCH3 is 1. The van der Waals surface area contributed by atoms with Crippen LogP contribution in [-0.4, -0.2) is 42.4 Å². The van der Waals surface area contributed by atoms with Crippen LogP contribution in [0.15, 0.2) is 60.7 Å². The van der Waals surface area contributed by atoms with Crippen LogP contribution in [0.25, 0.3) is 0 Å². The summed E-state index contributed by atoms with van der Waals surface area (Å²) in [6, 6.07) is 18.9. The predicted octanol–water partition coefficient (Wildman–Crippen LogP) is 3.69. The minimum Gasteiger partial charge on any atom is -0.467 e. The van der Waals surface area contributed by atoms with Crippen molar-refractivity contribution in [1.82, 2.24) is 10.4 Å². The van der Waals surface area contributed by atoms with E-state index in [9.17, 15) is 9.59 Å².